The quantitative estimate of drug-likeness (QED) is 0.804. The molecule has 0 bridgehead atoms. The highest BCUT2D eigenvalue weighted by molar-refractivity contribution is 8.00. The first kappa shape index (κ1) is 17.9. The summed E-state index contributed by atoms with van der Waals surface area (Å²) >= 11 is 2.75. The van der Waals surface area contributed by atoms with Crippen molar-refractivity contribution in [1.29, 1.82) is 0 Å². The maximum atomic E-state index is 12.3. The Morgan fingerprint density at radius 3 is 2.74 bits per heavy atom. The number of amides is 2. The minimum Gasteiger partial charge on any atom is -0.444 e. The van der Waals surface area contributed by atoms with E-state index in [9.17, 15) is 9.59 Å². The second-order valence-electron chi connectivity index (χ2n) is 6.28. The summed E-state index contributed by atoms with van der Waals surface area (Å²) in [4.78, 5) is 30.1. The summed E-state index contributed by atoms with van der Waals surface area (Å²) in [5.74, 6) is -0.296. The molecule has 1 aromatic rings. The molecule has 0 aromatic carbocycles. The number of aromatic nitrogens is 1. The number of nitrogens with zero attached hydrogens (tertiary/aromatic N) is 2. The summed E-state index contributed by atoms with van der Waals surface area (Å²) in [6.45, 7) is 6.47. The number of carbonyl (C=O) groups excluding carboxylic acids is 2. The van der Waals surface area contributed by atoms with E-state index >= 15 is 0 Å². The third-order valence-electron chi connectivity index (χ3n) is 3.20. The fraction of sp³-hybridized carbons (Fsp3) is 0.643. The van der Waals surface area contributed by atoms with Gasteiger partial charge in [-0.25, -0.2) is 9.78 Å². The monoisotopic (exact) mass is 358 g/mol. The summed E-state index contributed by atoms with van der Waals surface area (Å²) in [7, 11) is 0. The number of hydrogen-bond donors (Lipinski definition) is 2. The molecule has 9 heteroatoms. The Morgan fingerprint density at radius 2 is 2.17 bits per heavy atom. The van der Waals surface area contributed by atoms with Gasteiger partial charge >= 0.3 is 6.09 Å². The molecule has 0 spiro atoms. The highest BCUT2D eigenvalue weighted by Crippen LogP contribution is 2.27. The van der Waals surface area contributed by atoms with Gasteiger partial charge in [-0.2, -0.15) is 0 Å². The minimum absolute atomic E-state index is 0.117. The fourth-order valence-electron chi connectivity index (χ4n) is 2.19. The average Bonchev–Trinajstić information content (AvgIpc) is 3.03. The van der Waals surface area contributed by atoms with Crippen LogP contribution < -0.4 is 11.1 Å². The van der Waals surface area contributed by atoms with E-state index in [1.165, 1.54) is 23.1 Å². The fourth-order valence-corrected chi connectivity index (χ4v) is 3.53. The Morgan fingerprint density at radius 1 is 1.48 bits per heavy atom. The Bertz CT molecular complexity index is 597. The summed E-state index contributed by atoms with van der Waals surface area (Å²) < 4.78 is 6.10. The van der Waals surface area contributed by atoms with Crippen molar-refractivity contribution in [2.75, 3.05) is 25.1 Å². The van der Waals surface area contributed by atoms with E-state index in [0.29, 0.717) is 24.5 Å². The molecule has 0 saturated carbocycles. The number of hydrogen-bond acceptors (Lipinski definition) is 7. The third-order valence-corrected chi connectivity index (χ3v) is 5.07. The van der Waals surface area contributed by atoms with E-state index in [-0.39, 0.29) is 23.7 Å². The van der Waals surface area contributed by atoms with Gasteiger partial charge in [0.25, 0.3) is 5.91 Å². The predicted octanol–water partition coefficient (Wildman–Crippen LogP) is 2.19. The number of ether oxygens (including phenoxy) is 1. The van der Waals surface area contributed by atoms with Crippen molar-refractivity contribution >= 4 is 40.1 Å². The summed E-state index contributed by atoms with van der Waals surface area (Å²) in [5.41, 5.74) is 5.57. The van der Waals surface area contributed by atoms with Gasteiger partial charge in [-0.3, -0.25) is 4.79 Å². The van der Waals surface area contributed by atoms with Crippen LogP contribution in [0.25, 0.3) is 0 Å². The van der Waals surface area contributed by atoms with Crippen molar-refractivity contribution in [1.82, 2.24) is 15.2 Å². The molecule has 2 amide bonds. The molecule has 1 saturated heterocycles. The number of rotatable bonds is 3. The first-order chi connectivity index (χ1) is 10.7. The minimum atomic E-state index is -0.526. The summed E-state index contributed by atoms with van der Waals surface area (Å²) in [6.07, 6.45) is 2.21. The van der Waals surface area contributed by atoms with Crippen LogP contribution >= 0.6 is 23.1 Å². The van der Waals surface area contributed by atoms with E-state index in [4.69, 9.17) is 10.5 Å². The molecular formula is C14H22N4O3S2. The number of thioether (sulfide) groups is 1. The number of nitrogen functional groups attached to an aromatic ring is 1. The zero-order chi connectivity index (χ0) is 17.2. The standard InChI is InChI=1S/C14H22N4O3S2/c1-14(2,3)21-13(20)18-6-5-8(7-18)16-11(19)9-10(15)23-12(17-9)22-4/h8H,5-7,15H2,1-4H3,(H,16,19). The Labute approximate surface area is 144 Å². The second kappa shape index (κ2) is 6.96. The number of anilines is 1. The van der Waals surface area contributed by atoms with Crippen LogP contribution in [0.3, 0.4) is 0 Å². The van der Waals surface area contributed by atoms with Crippen molar-refractivity contribution in [3.63, 3.8) is 0 Å². The molecule has 3 N–H and O–H groups in total. The van der Waals surface area contributed by atoms with E-state index in [1.54, 1.807) is 4.90 Å². The highest BCUT2D eigenvalue weighted by atomic mass is 32.2. The maximum absolute atomic E-state index is 12.3. The number of thiazole rings is 1. The van der Waals surface area contributed by atoms with Gasteiger partial charge < -0.3 is 20.7 Å². The van der Waals surface area contributed by atoms with Crippen molar-refractivity contribution in [2.24, 2.45) is 0 Å². The molecule has 0 radical (unpaired) electrons. The summed E-state index contributed by atoms with van der Waals surface area (Å²) in [6, 6.07) is -0.117. The van der Waals surface area contributed by atoms with Crippen molar-refractivity contribution in [3.05, 3.63) is 5.69 Å². The van der Waals surface area contributed by atoms with E-state index in [0.717, 1.165) is 4.34 Å². The number of nitrogens with two attached hydrogens (primary N) is 1. The van der Waals surface area contributed by atoms with Crippen LogP contribution in [0.5, 0.6) is 0 Å². The molecule has 1 aliphatic rings. The van der Waals surface area contributed by atoms with Gasteiger partial charge in [0, 0.05) is 19.1 Å². The highest BCUT2D eigenvalue weighted by Gasteiger charge is 2.31. The lowest BCUT2D eigenvalue weighted by molar-refractivity contribution is 0.0290. The van der Waals surface area contributed by atoms with Gasteiger partial charge in [-0.05, 0) is 33.4 Å². The molecule has 2 rings (SSSR count). The zero-order valence-corrected chi connectivity index (χ0v) is 15.3. The van der Waals surface area contributed by atoms with Gasteiger partial charge in [0.15, 0.2) is 10.0 Å². The largest absolute Gasteiger partial charge is 0.444 e. The molecule has 128 valence electrons. The van der Waals surface area contributed by atoms with Gasteiger partial charge in [0.1, 0.15) is 10.6 Å². The lowest BCUT2D eigenvalue weighted by Gasteiger charge is -2.24. The molecule has 1 atom stereocenters. The molecule has 2 heterocycles. The Balaban J connectivity index is 1.91. The van der Waals surface area contributed by atoms with Crippen LogP contribution in [0.15, 0.2) is 4.34 Å². The maximum Gasteiger partial charge on any atom is 0.410 e. The topological polar surface area (TPSA) is 97.5 Å². The van der Waals surface area contributed by atoms with Crippen molar-refractivity contribution in [2.45, 2.75) is 43.2 Å². The van der Waals surface area contributed by atoms with Crippen LogP contribution in [0.4, 0.5) is 9.80 Å². The van der Waals surface area contributed by atoms with Crippen LogP contribution in [0, 0.1) is 0 Å². The molecule has 1 fully saturated rings. The molecule has 23 heavy (non-hydrogen) atoms. The van der Waals surface area contributed by atoms with Crippen LogP contribution in [-0.4, -0.2) is 52.9 Å². The normalized spacial score (nSPS) is 18.1. The van der Waals surface area contributed by atoms with Gasteiger partial charge in [0.2, 0.25) is 0 Å². The Hall–Kier alpha value is -1.48. The lowest BCUT2D eigenvalue weighted by Crippen LogP contribution is -2.40. The van der Waals surface area contributed by atoms with Crippen LogP contribution in [0.2, 0.25) is 0 Å². The average molecular weight is 358 g/mol. The zero-order valence-electron chi connectivity index (χ0n) is 13.7. The lowest BCUT2D eigenvalue weighted by atomic mass is 10.2. The Kier molecular flexibility index (Phi) is 5.41. The van der Waals surface area contributed by atoms with Crippen LogP contribution in [-0.2, 0) is 4.74 Å². The first-order valence-corrected chi connectivity index (χ1v) is 9.33. The predicted molar refractivity (Wildman–Crippen MR) is 92.0 cm³/mol. The van der Waals surface area contributed by atoms with E-state index in [1.807, 2.05) is 27.0 Å². The van der Waals surface area contributed by atoms with E-state index < -0.39 is 5.60 Å². The van der Waals surface area contributed by atoms with E-state index in [2.05, 4.69) is 10.3 Å². The second-order valence-corrected chi connectivity index (χ2v) is 8.37. The molecule has 1 aromatic heterocycles. The van der Waals surface area contributed by atoms with Gasteiger partial charge in [-0.1, -0.05) is 23.1 Å². The molecule has 1 unspecified atom stereocenters. The van der Waals surface area contributed by atoms with Gasteiger partial charge in [-0.15, -0.1) is 0 Å². The number of carbonyl (C=O) groups is 2. The van der Waals surface area contributed by atoms with Crippen LogP contribution in [0.1, 0.15) is 37.7 Å². The molecule has 0 aliphatic carbocycles. The number of nitrogens with one attached hydrogen (secondary N) is 1. The van der Waals surface area contributed by atoms with Crippen molar-refractivity contribution < 1.29 is 14.3 Å². The SMILES string of the molecule is CSc1nc(C(=O)NC2CCN(C(=O)OC(C)(C)C)C2)c(N)s1. The van der Waals surface area contributed by atoms with Crippen molar-refractivity contribution in [3.8, 4) is 0 Å². The number of likely N-dealkylation sites (tertiary alicyclic amines) is 1. The molecular weight excluding hydrogens is 336 g/mol. The smallest absolute Gasteiger partial charge is 0.410 e. The molecule has 7 nitrogen and oxygen atoms in total. The summed E-state index contributed by atoms with van der Waals surface area (Å²) in [5, 5.41) is 3.30. The van der Waals surface area contributed by atoms with Gasteiger partial charge in [0.05, 0.1) is 0 Å². The first-order valence-electron chi connectivity index (χ1n) is 7.28. The third kappa shape index (κ3) is 4.74. The molecule has 1 aliphatic heterocycles.